The van der Waals surface area contributed by atoms with Crippen molar-refractivity contribution in [3.8, 4) is 11.3 Å². The second-order valence-corrected chi connectivity index (χ2v) is 15.8. The molecule has 8 nitrogen and oxygen atoms in total. The first-order chi connectivity index (χ1) is 15.4. The van der Waals surface area contributed by atoms with E-state index in [1.165, 1.54) is 0 Å². The van der Waals surface area contributed by atoms with Crippen LogP contribution in [0.3, 0.4) is 0 Å². The van der Waals surface area contributed by atoms with Crippen LogP contribution in [0.1, 0.15) is 31.7 Å². The highest BCUT2D eigenvalue weighted by Crippen LogP contribution is 2.40. The van der Waals surface area contributed by atoms with Crippen molar-refractivity contribution in [1.82, 2.24) is 24.3 Å². The van der Waals surface area contributed by atoms with Crippen molar-refractivity contribution in [2.45, 2.75) is 69.9 Å². The second kappa shape index (κ2) is 8.70. The van der Waals surface area contributed by atoms with E-state index in [0.29, 0.717) is 26.0 Å². The van der Waals surface area contributed by atoms with Crippen molar-refractivity contribution < 1.29 is 14.2 Å². The first-order valence-electron chi connectivity index (χ1n) is 11.6. The standard InChI is InChI=1S/C23H33N5O3Si/c1-32(2,3)13-12-29-17-27-9-6-20-21(24-16-25-22(20)27)18-14-26-28(15-18)19-4-7-23(8-5-19)30-10-11-31-23/h6,9,14-16,19H,4-5,7-8,10-13,17H2,1-3H3. The molecule has 3 aromatic heterocycles. The molecule has 2 aliphatic rings. The summed E-state index contributed by atoms with van der Waals surface area (Å²) < 4.78 is 21.8. The van der Waals surface area contributed by atoms with Crippen LogP contribution < -0.4 is 0 Å². The second-order valence-electron chi connectivity index (χ2n) is 10.1. The quantitative estimate of drug-likeness (QED) is 0.387. The van der Waals surface area contributed by atoms with E-state index in [4.69, 9.17) is 14.2 Å². The minimum atomic E-state index is -1.09. The van der Waals surface area contributed by atoms with Crippen LogP contribution in [0, 0.1) is 0 Å². The molecule has 0 radical (unpaired) electrons. The lowest BCUT2D eigenvalue weighted by atomic mass is 9.90. The van der Waals surface area contributed by atoms with Gasteiger partial charge in [0.1, 0.15) is 18.7 Å². The molecule has 5 rings (SSSR count). The molecule has 0 N–H and O–H groups in total. The SMILES string of the molecule is C[Si](C)(C)CCOCn1ccc2c(-c3cnn(C4CCC5(CC4)OCCO5)c3)ncnc21. The Kier molecular flexibility index (Phi) is 5.91. The van der Waals surface area contributed by atoms with Gasteiger partial charge in [-0.2, -0.15) is 5.10 Å². The van der Waals surface area contributed by atoms with Crippen LogP contribution in [0.5, 0.6) is 0 Å². The third kappa shape index (κ3) is 4.52. The maximum Gasteiger partial charge on any atom is 0.168 e. The Bertz CT molecular complexity index is 1060. The number of rotatable bonds is 7. The molecule has 1 saturated heterocycles. The van der Waals surface area contributed by atoms with Gasteiger partial charge in [0, 0.05) is 50.9 Å². The average Bonchev–Trinajstić information content (AvgIpc) is 3.52. The fourth-order valence-corrected chi connectivity index (χ4v) is 5.39. The first-order valence-corrected chi connectivity index (χ1v) is 15.3. The number of aromatic nitrogens is 5. The van der Waals surface area contributed by atoms with Crippen LogP contribution in [0.25, 0.3) is 22.3 Å². The van der Waals surface area contributed by atoms with Crippen LogP contribution in [0.15, 0.2) is 31.0 Å². The van der Waals surface area contributed by atoms with Gasteiger partial charge in [-0.1, -0.05) is 19.6 Å². The minimum absolute atomic E-state index is 0.342. The Morgan fingerprint density at radius 3 is 2.69 bits per heavy atom. The molecule has 172 valence electrons. The summed E-state index contributed by atoms with van der Waals surface area (Å²) >= 11 is 0. The maximum absolute atomic E-state index is 5.93. The summed E-state index contributed by atoms with van der Waals surface area (Å²) in [5, 5.41) is 5.70. The molecule has 1 aliphatic heterocycles. The Morgan fingerprint density at radius 1 is 1.16 bits per heavy atom. The van der Waals surface area contributed by atoms with E-state index in [2.05, 4.69) is 56.2 Å². The lowest BCUT2D eigenvalue weighted by Gasteiger charge is -2.35. The molecular formula is C23H33N5O3Si. The summed E-state index contributed by atoms with van der Waals surface area (Å²) in [4.78, 5) is 9.10. The molecule has 3 aromatic rings. The zero-order chi connectivity index (χ0) is 22.2. The third-order valence-electron chi connectivity index (χ3n) is 6.56. The highest BCUT2D eigenvalue weighted by Gasteiger charge is 2.40. The van der Waals surface area contributed by atoms with Gasteiger partial charge in [-0.25, -0.2) is 9.97 Å². The van der Waals surface area contributed by atoms with E-state index in [1.807, 2.05) is 12.4 Å². The van der Waals surface area contributed by atoms with Crippen molar-refractivity contribution in [3.05, 3.63) is 31.0 Å². The van der Waals surface area contributed by atoms with Gasteiger partial charge in [0.15, 0.2) is 5.79 Å². The summed E-state index contributed by atoms with van der Waals surface area (Å²) in [6.07, 6.45) is 11.5. The van der Waals surface area contributed by atoms with Crippen molar-refractivity contribution in [3.63, 3.8) is 0 Å². The Hall–Kier alpha value is -2.07. The number of ether oxygens (including phenoxy) is 3. The molecule has 0 atom stereocenters. The fourth-order valence-electron chi connectivity index (χ4n) is 4.63. The van der Waals surface area contributed by atoms with Gasteiger partial charge in [0.25, 0.3) is 0 Å². The molecule has 9 heteroatoms. The van der Waals surface area contributed by atoms with Crippen LogP contribution >= 0.6 is 0 Å². The summed E-state index contributed by atoms with van der Waals surface area (Å²) in [6.45, 7) is 9.82. The molecule has 0 aromatic carbocycles. The molecule has 1 saturated carbocycles. The Morgan fingerprint density at radius 2 is 1.94 bits per heavy atom. The lowest BCUT2D eigenvalue weighted by molar-refractivity contribution is -0.181. The van der Waals surface area contributed by atoms with Gasteiger partial charge < -0.3 is 18.8 Å². The van der Waals surface area contributed by atoms with Crippen LogP contribution in [-0.4, -0.2) is 58.0 Å². The summed E-state index contributed by atoms with van der Waals surface area (Å²) in [7, 11) is -1.09. The highest BCUT2D eigenvalue weighted by atomic mass is 28.3. The van der Waals surface area contributed by atoms with Crippen molar-refractivity contribution in [1.29, 1.82) is 0 Å². The van der Waals surface area contributed by atoms with Crippen molar-refractivity contribution in [2.75, 3.05) is 19.8 Å². The van der Waals surface area contributed by atoms with E-state index < -0.39 is 8.07 Å². The van der Waals surface area contributed by atoms with Gasteiger partial charge in [-0.3, -0.25) is 4.68 Å². The van der Waals surface area contributed by atoms with Gasteiger partial charge in [-0.05, 0) is 25.0 Å². The lowest BCUT2D eigenvalue weighted by Crippen LogP contribution is -2.35. The minimum Gasteiger partial charge on any atom is -0.361 e. The molecule has 1 spiro atoms. The van der Waals surface area contributed by atoms with Gasteiger partial charge in [0.2, 0.25) is 0 Å². The number of fused-ring (bicyclic) bond motifs is 1. The predicted molar refractivity (Wildman–Crippen MR) is 125 cm³/mol. The summed E-state index contributed by atoms with van der Waals surface area (Å²) in [5.41, 5.74) is 2.83. The zero-order valence-electron chi connectivity index (χ0n) is 19.3. The van der Waals surface area contributed by atoms with Crippen LogP contribution in [-0.2, 0) is 20.9 Å². The van der Waals surface area contributed by atoms with Gasteiger partial charge in [-0.15, -0.1) is 0 Å². The normalized spacial score (nSPS) is 19.3. The third-order valence-corrected chi connectivity index (χ3v) is 8.27. The van der Waals surface area contributed by atoms with Crippen LogP contribution in [0.2, 0.25) is 25.7 Å². The highest BCUT2D eigenvalue weighted by molar-refractivity contribution is 6.76. The van der Waals surface area contributed by atoms with E-state index in [-0.39, 0.29) is 5.79 Å². The topological polar surface area (TPSA) is 76.2 Å². The van der Waals surface area contributed by atoms with E-state index in [1.54, 1.807) is 6.33 Å². The number of hydrogen-bond acceptors (Lipinski definition) is 6. The molecule has 1 aliphatic carbocycles. The number of nitrogens with zero attached hydrogens (tertiary/aromatic N) is 5. The number of hydrogen-bond donors (Lipinski definition) is 0. The zero-order valence-corrected chi connectivity index (χ0v) is 20.3. The Balaban J connectivity index is 1.28. The fraction of sp³-hybridized carbons (Fsp3) is 0.609. The van der Waals surface area contributed by atoms with Crippen LogP contribution in [0.4, 0.5) is 0 Å². The molecule has 2 fully saturated rings. The summed E-state index contributed by atoms with van der Waals surface area (Å²) in [5.74, 6) is -0.342. The van der Waals surface area contributed by atoms with Gasteiger partial charge in [0.05, 0.1) is 31.1 Å². The van der Waals surface area contributed by atoms with E-state index in [9.17, 15) is 0 Å². The molecular weight excluding hydrogens is 422 g/mol. The molecule has 32 heavy (non-hydrogen) atoms. The van der Waals surface area contributed by atoms with Crippen molar-refractivity contribution >= 4 is 19.1 Å². The molecule has 0 amide bonds. The summed E-state index contributed by atoms with van der Waals surface area (Å²) in [6, 6.07) is 3.60. The van der Waals surface area contributed by atoms with Gasteiger partial charge >= 0.3 is 0 Å². The van der Waals surface area contributed by atoms with E-state index in [0.717, 1.165) is 60.6 Å². The molecule has 0 bridgehead atoms. The maximum atomic E-state index is 5.93. The predicted octanol–water partition coefficient (Wildman–Crippen LogP) is 4.47. The Labute approximate surface area is 189 Å². The van der Waals surface area contributed by atoms with E-state index >= 15 is 0 Å². The molecule has 0 unspecified atom stereocenters. The smallest absolute Gasteiger partial charge is 0.168 e. The average molecular weight is 456 g/mol. The molecule has 4 heterocycles. The largest absolute Gasteiger partial charge is 0.361 e. The monoisotopic (exact) mass is 455 g/mol. The van der Waals surface area contributed by atoms with Crippen molar-refractivity contribution in [2.24, 2.45) is 0 Å². The first kappa shape index (κ1) is 21.8.